The summed E-state index contributed by atoms with van der Waals surface area (Å²) in [5.41, 5.74) is 1.26. The molecular weight excluding hydrogens is 226 g/mol. The van der Waals surface area contributed by atoms with Gasteiger partial charge in [0.25, 0.3) is 0 Å². The van der Waals surface area contributed by atoms with Gasteiger partial charge in [-0.2, -0.15) is 0 Å². The van der Waals surface area contributed by atoms with Crippen molar-refractivity contribution in [3.05, 3.63) is 29.8 Å². The fourth-order valence-electron chi connectivity index (χ4n) is 2.63. The van der Waals surface area contributed by atoms with Gasteiger partial charge < -0.3 is 9.84 Å². The number of methoxy groups -OCH3 is 1. The number of hydrogen-bond acceptors (Lipinski definition) is 3. The Morgan fingerprint density at radius 3 is 2.39 bits per heavy atom. The maximum atomic E-state index is 9.57. The molecule has 1 aliphatic rings. The molecule has 1 aliphatic heterocycles. The third-order valence-corrected chi connectivity index (χ3v) is 3.75. The number of benzene rings is 1. The highest BCUT2D eigenvalue weighted by molar-refractivity contribution is 5.27. The summed E-state index contributed by atoms with van der Waals surface area (Å²) in [6.07, 6.45) is 4.77. The summed E-state index contributed by atoms with van der Waals surface area (Å²) in [6, 6.07) is 8.41. The van der Waals surface area contributed by atoms with Gasteiger partial charge in [-0.15, -0.1) is 0 Å². The Morgan fingerprint density at radius 2 is 1.83 bits per heavy atom. The third-order valence-electron chi connectivity index (χ3n) is 3.75. The molecule has 1 aromatic rings. The number of piperidine rings is 1. The number of rotatable bonds is 5. The van der Waals surface area contributed by atoms with Crippen LogP contribution in [0.15, 0.2) is 24.3 Å². The quantitative estimate of drug-likeness (QED) is 0.867. The summed E-state index contributed by atoms with van der Waals surface area (Å²) < 4.78 is 5.16. The Balaban J connectivity index is 1.95. The van der Waals surface area contributed by atoms with E-state index in [4.69, 9.17) is 4.74 Å². The van der Waals surface area contributed by atoms with Crippen LogP contribution in [0.5, 0.6) is 5.75 Å². The molecule has 1 aromatic carbocycles. The number of aliphatic hydroxyl groups is 1. The average molecular weight is 249 g/mol. The lowest BCUT2D eigenvalue weighted by atomic mass is 10.0. The molecule has 0 amide bonds. The van der Waals surface area contributed by atoms with Crippen LogP contribution in [0.4, 0.5) is 0 Å². The van der Waals surface area contributed by atoms with E-state index in [0.29, 0.717) is 0 Å². The van der Waals surface area contributed by atoms with Crippen molar-refractivity contribution in [1.29, 1.82) is 0 Å². The summed E-state index contributed by atoms with van der Waals surface area (Å²) >= 11 is 0. The van der Waals surface area contributed by atoms with E-state index in [1.807, 2.05) is 12.1 Å². The molecule has 2 rings (SSSR count). The molecule has 1 saturated heterocycles. The van der Waals surface area contributed by atoms with Gasteiger partial charge in [-0.05, 0) is 50.0 Å². The molecule has 1 N–H and O–H groups in total. The summed E-state index contributed by atoms with van der Waals surface area (Å²) in [5.74, 6) is 0.886. The molecule has 100 valence electrons. The van der Waals surface area contributed by atoms with Crippen molar-refractivity contribution in [3.63, 3.8) is 0 Å². The van der Waals surface area contributed by atoms with Gasteiger partial charge >= 0.3 is 0 Å². The lowest BCUT2D eigenvalue weighted by Crippen LogP contribution is -2.42. The molecule has 0 aliphatic carbocycles. The topological polar surface area (TPSA) is 32.7 Å². The minimum Gasteiger partial charge on any atom is -0.497 e. The Bertz CT molecular complexity index is 344. The largest absolute Gasteiger partial charge is 0.497 e. The van der Waals surface area contributed by atoms with Gasteiger partial charge in [0, 0.05) is 6.04 Å². The predicted octanol–water partition coefficient (Wildman–Crippen LogP) is 2.08. The summed E-state index contributed by atoms with van der Waals surface area (Å²) in [7, 11) is 1.68. The normalized spacial score (nSPS) is 18.6. The zero-order chi connectivity index (χ0) is 12.8. The zero-order valence-corrected chi connectivity index (χ0v) is 11.1. The van der Waals surface area contributed by atoms with Crippen LogP contribution in [-0.4, -0.2) is 42.9 Å². The summed E-state index contributed by atoms with van der Waals surface area (Å²) in [4.78, 5) is 2.42. The van der Waals surface area contributed by atoms with Crippen LogP contribution >= 0.6 is 0 Å². The van der Waals surface area contributed by atoms with Gasteiger partial charge in [0.2, 0.25) is 0 Å². The highest BCUT2D eigenvalue weighted by Crippen LogP contribution is 2.17. The molecule has 18 heavy (non-hydrogen) atoms. The van der Waals surface area contributed by atoms with Crippen molar-refractivity contribution in [2.75, 3.05) is 26.8 Å². The van der Waals surface area contributed by atoms with Crippen molar-refractivity contribution in [2.24, 2.45) is 0 Å². The fourth-order valence-corrected chi connectivity index (χ4v) is 2.63. The van der Waals surface area contributed by atoms with Crippen molar-refractivity contribution >= 4 is 0 Å². The zero-order valence-electron chi connectivity index (χ0n) is 11.1. The molecule has 0 radical (unpaired) electrons. The smallest absolute Gasteiger partial charge is 0.118 e. The highest BCUT2D eigenvalue weighted by Gasteiger charge is 2.20. The van der Waals surface area contributed by atoms with E-state index in [2.05, 4.69) is 17.0 Å². The first-order valence-corrected chi connectivity index (χ1v) is 6.81. The van der Waals surface area contributed by atoms with Crippen molar-refractivity contribution in [2.45, 2.75) is 31.7 Å². The second-order valence-corrected chi connectivity index (χ2v) is 4.99. The van der Waals surface area contributed by atoms with E-state index in [-0.39, 0.29) is 12.6 Å². The summed E-state index contributed by atoms with van der Waals surface area (Å²) in [5, 5.41) is 9.57. The molecule has 3 heteroatoms. The first-order chi connectivity index (χ1) is 8.83. The maximum Gasteiger partial charge on any atom is 0.118 e. The Kier molecular flexibility index (Phi) is 5.02. The molecule has 0 aromatic heterocycles. The maximum absolute atomic E-state index is 9.57. The van der Waals surface area contributed by atoms with Crippen LogP contribution in [0.3, 0.4) is 0 Å². The lowest BCUT2D eigenvalue weighted by molar-refractivity contribution is 0.104. The highest BCUT2D eigenvalue weighted by atomic mass is 16.5. The van der Waals surface area contributed by atoms with E-state index >= 15 is 0 Å². The van der Waals surface area contributed by atoms with Crippen molar-refractivity contribution in [3.8, 4) is 5.75 Å². The van der Waals surface area contributed by atoms with Crippen molar-refractivity contribution in [1.82, 2.24) is 4.90 Å². The lowest BCUT2D eigenvalue weighted by Gasteiger charge is -2.33. The monoisotopic (exact) mass is 249 g/mol. The van der Waals surface area contributed by atoms with E-state index < -0.39 is 0 Å². The Morgan fingerprint density at radius 1 is 1.17 bits per heavy atom. The van der Waals surface area contributed by atoms with E-state index in [9.17, 15) is 5.11 Å². The molecule has 0 saturated carbocycles. The van der Waals surface area contributed by atoms with Crippen LogP contribution in [0.1, 0.15) is 24.8 Å². The molecular formula is C15H23NO2. The van der Waals surface area contributed by atoms with Crippen LogP contribution in [-0.2, 0) is 6.42 Å². The molecule has 3 nitrogen and oxygen atoms in total. The van der Waals surface area contributed by atoms with E-state index in [0.717, 1.165) is 25.3 Å². The van der Waals surface area contributed by atoms with Gasteiger partial charge in [0.15, 0.2) is 0 Å². The molecule has 1 fully saturated rings. The van der Waals surface area contributed by atoms with Gasteiger partial charge in [0.1, 0.15) is 5.75 Å². The third kappa shape index (κ3) is 3.47. The minimum absolute atomic E-state index is 0.242. The van der Waals surface area contributed by atoms with Gasteiger partial charge in [-0.3, -0.25) is 4.90 Å². The van der Waals surface area contributed by atoms with Crippen LogP contribution in [0.25, 0.3) is 0 Å². The number of nitrogens with zero attached hydrogens (tertiary/aromatic N) is 1. The number of hydrogen-bond donors (Lipinski definition) is 1. The fraction of sp³-hybridized carbons (Fsp3) is 0.600. The molecule has 1 unspecified atom stereocenters. The molecule has 0 bridgehead atoms. The predicted molar refractivity (Wildman–Crippen MR) is 73.0 cm³/mol. The van der Waals surface area contributed by atoms with Crippen LogP contribution in [0.2, 0.25) is 0 Å². The van der Waals surface area contributed by atoms with Crippen LogP contribution < -0.4 is 4.74 Å². The minimum atomic E-state index is 0.242. The van der Waals surface area contributed by atoms with E-state index in [1.165, 1.54) is 24.8 Å². The Hall–Kier alpha value is -1.06. The average Bonchev–Trinajstić information content (AvgIpc) is 2.46. The van der Waals surface area contributed by atoms with Gasteiger partial charge in [-0.25, -0.2) is 0 Å². The Labute approximate surface area is 109 Å². The number of likely N-dealkylation sites (tertiary alicyclic amines) is 1. The number of aliphatic hydroxyl groups excluding tert-OH is 1. The summed E-state index contributed by atoms with van der Waals surface area (Å²) in [6.45, 7) is 2.49. The van der Waals surface area contributed by atoms with Crippen molar-refractivity contribution < 1.29 is 9.84 Å². The number of ether oxygens (including phenoxy) is 1. The van der Waals surface area contributed by atoms with Crippen LogP contribution in [0, 0.1) is 0 Å². The first-order valence-electron chi connectivity index (χ1n) is 6.81. The molecule has 0 spiro atoms. The second kappa shape index (κ2) is 6.76. The van der Waals surface area contributed by atoms with Gasteiger partial charge in [-0.1, -0.05) is 18.6 Å². The SMILES string of the molecule is COc1ccc(CC(CO)N2CCCCC2)cc1. The first kappa shape index (κ1) is 13.4. The second-order valence-electron chi connectivity index (χ2n) is 4.99. The standard InChI is InChI=1S/C15H23NO2/c1-18-15-7-5-13(6-8-15)11-14(12-17)16-9-3-2-4-10-16/h5-8,14,17H,2-4,9-12H2,1H3. The van der Waals surface area contributed by atoms with Gasteiger partial charge in [0.05, 0.1) is 13.7 Å². The molecule has 1 heterocycles. The molecule has 1 atom stereocenters. The van der Waals surface area contributed by atoms with E-state index in [1.54, 1.807) is 7.11 Å².